The number of pyridine rings is 1. The topological polar surface area (TPSA) is 157 Å². The van der Waals surface area contributed by atoms with Crippen LogP contribution in [0.15, 0.2) is 72.1 Å². The number of nitrogen functional groups attached to an aromatic ring is 1. The molecule has 13 heteroatoms. The fourth-order valence-corrected chi connectivity index (χ4v) is 6.51. The highest BCUT2D eigenvalue weighted by Gasteiger charge is 2.45. The van der Waals surface area contributed by atoms with Crippen LogP contribution >= 0.6 is 11.6 Å². The highest BCUT2D eigenvalue weighted by molar-refractivity contribution is 7.89. The van der Waals surface area contributed by atoms with Crippen molar-refractivity contribution in [3.05, 3.63) is 89.0 Å². The molecule has 0 aliphatic carbocycles. The molecule has 1 saturated heterocycles. The Morgan fingerprint density at radius 3 is 2.67 bits per heavy atom. The molecule has 3 aromatic heterocycles. The van der Waals surface area contributed by atoms with E-state index < -0.39 is 34.6 Å². The number of nitrogens with two attached hydrogens (primary N) is 1. The van der Waals surface area contributed by atoms with Gasteiger partial charge in [-0.15, -0.1) is 0 Å². The molecule has 4 atom stereocenters. The summed E-state index contributed by atoms with van der Waals surface area (Å²) in [6.07, 6.45) is -0.411. The molecule has 0 saturated carbocycles. The summed E-state index contributed by atoms with van der Waals surface area (Å²) in [7, 11) is -2.60. The number of benzene rings is 2. The molecule has 0 spiro atoms. The molecule has 11 nitrogen and oxygen atoms in total. The molecule has 0 radical (unpaired) electrons. The van der Waals surface area contributed by atoms with Gasteiger partial charge in [-0.3, -0.25) is 4.98 Å². The first-order valence-corrected chi connectivity index (χ1v) is 15.1. The predicted molar refractivity (Wildman–Crippen MR) is 162 cm³/mol. The molecule has 0 unspecified atom stereocenters. The number of aryl methyl sites for hydroxylation is 1. The van der Waals surface area contributed by atoms with Crippen LogP contribution in [-0.4, -0.2) is 74.4 Å². The summed E-state index contributed by atoms with van der Waals surface area (Å²) in [6, 6.07) is 14.1. The Balaban J connectivity index is 1.30. The molecule has 2 aromatic carbocycles. The second kappa shape index (κ2) is 11.2. The van der Waals surface area contributed by atoms with Crippen molar-refractivity contribution >= 4 is 49.4 Å². The maximum Gasteiger partial charge on any atom is 0.242 e. The molecule has 4 heterocycles. The zero-order valence-corrected chi connectivity index (χ0v) is 24.7. The van der Waals surface area contributed by atoms with Gasteiger partial charge in [0.15, 0.2) is 6.23 Å². The number of halogens is 1. The summed E-state index contributed by atoms with van der Waals surface area (Å²) in [4.78, 5) is 12.9. The van der Waals surface area contributed by atoms with Crippen molar-refractivity contribution < 1.29 is 23.4 Å². The third-order valence-electron chi connectivity index (χ3n) is 7.47. The van der Waals surface area contributed by atoms with E-state index in [2.05, 4.69) is 26.8 Å². The summed E-state index contributed by atoms with van der Waals surface area (Å²) in [5.74, 6) is 6.38. The maximum absolute atomic E-state index is 13.2. The van der Waals surface area contributed by atoms with Crippen LogP contribution in [0.2, 0.25) is 5.02 Å². The highest BCUT2D eigenvalue weighted by Crippen LogP contribution is 2.35. The molecule has 1 fully saturated rings. The van der Waals surface area contributed by atoms with E-state index in [1.165, 1.54) is 30.1 Å². The number of aliphatic hydroxyl groups excluding tert-OH is 2. The largest absolute Gasteiger partial charge is 0.387 e. The Kier molecular flexibility index (Phi) is 7.55. The van der Waals surface area contributed by atoms with Crippen molar-refractivity contribution in [2.24, 2.45) is 0 Å². The summed E-state index contributed by atoms with van der Waals surface area (Å²) >= 11 is 6.15. The van der Waals surface area contributed by atoms with E-state index >= 15 is 0 Å². The smallest absolute Gasteiger partial charge is 0.242 e. The lowest BCUT2D eigenvalue weighted by Gasteiger charge is -2.23. The number of hydrogen-bond donors (Lipinski definition) is 3. The van der Waals surface area contributed by atoms with Gasteiger partial charge in [0.2, 0.25) is 10.0 Å². The first-order valence-electron chi connectivity index (χ1n) is 13.3. The van der Waals surface area contributed by atoms with Gasteiger partial charge >= 0.3 is 0 Å². The number of likely N-dealkylation sites (N-methyl/N-ethyl adjacent to an activating group) is 1. The van der Waals surface area contributed by atoms with Crippen LogP contribution < -0.4 is 5.73 Å². The third kappa shape index (κ3) is 5.31. The Bertz CT molecular complexity index is 2040. The van der Waals surface area contributed by atoms with Crippen molar-refractivity contribution in [1.82, 2.24) is 23.8 Å². The molecular formula is C30H27ClN6O5S. The van der Waals surface area contributed by atoms with Gasteiger partial charge in [0, 0.05) is 42.0 Å². The van der Waals surface area contributed by atoms with Crippen LogP contribution in [0.4, 0.5) is 5.82 Å². The van der Waals surface area contributed by atoms with Crippen molar-refractivity contribution in [2.45, 2.75) is 36.4 Å². The standard InChI is InChI=1S/C30H27ClN6O5S/c1-17-7-10-21(12-22(17)31)43(40,41)36(2)15-24-26(38)27(39)30(42-24)37-14-20(25-28(32)34-16-35-29(25)37)9-8-18-11-19-5-3-4-6-23(19)33-13-18/h3-7,10-14,16,24,26-27,30,38-39H,15H2,1-2H3,(H2,32,34,35)/t24-,26-,27-,30-/m1/s1. The predicted octanol–water partition coefficient (Wildman–Crippen LogP) is 2.86. The van der Waals surface area contributed by atoms with Gasteiger partial charge in [0.05, 0.1) is 21.4 Å². The SMILES string of the molecule is Cc1ccc(S(=O)(=O)N(C)C[C@H]2O[C@@H](n3cc(C#Cc4cnc5ccccc5c4)c4c(N)ncnc43)[C@H](O)[C@@H]2O)cc1Cl. The molecule has 5 aromatic rings. The molecule has 4 N–H and O–H groups in total. The van der Waals surface area contributed by atoms with Crippen LogP contribution in [-0.2, 0) is 14.8 Å². The summed E-state index contributed by atoms with van der Waals surface area (Å²) < 4.78 is 35.1. The van der Waals surface area contributed by atoms with Gasteiger partial charge in [-0.05, 0) is 36.8 Å². The minimum absolute atomic E-state index is 0.00333. The normalized spacial score (nSPS) is 20.5. The van der Waals surface area contributed by atoms with Gasteiger partial charge in [-0.1, -0.05) is 47.7 Å². The van der Waals surface area contributed by atoms with E-state index in [0.29, 0.717) is 27.2 Å². The van der Waals surface area contributed by atoms with Gasteiger partial charge in [0.25, 0.3) is 0 Å². The van der Waals surface area contributed by atoms with Crippen molar-refractivity contribution in [3.8, 4) is 11.8 Å². The van der Waals surface area contributed by atoms with Crippen LogP contribution in [0.5, 0.6) is 0 Å². The fourth-order valence-electron chi connectivity index (χ4n) is 5.05. The molecule has 0 bridgehead atoms. The molecule has 0 amide bonds. The first-order chi connectivity index (χ1) is 20.5. The quantitative estimate of drug-likeness (QED) is 0.252. The van der Waals surface area contributed by atoms with E-state index in [4.69, 9.17) is 22.1 Å². The van der Waals surface area contributed by atoms with E-state index in [1.54, 1.807) is 25.4 Å². The average molecular weight is 619 g/mol. The van der Waals surface area contributed by atoms with Crippen molar-refractivity contribution in [2.75, 3.05) is 19.3 Å². The minimum Gasteiger partial charge on any atom is -0.387 e. The molecule has 220 valence electrons. The first kappa shape index (κ1) is 29.0. The zero-order valence-electron chi connectivity index (χ0n) is 23.1. The number of para-hydroxylation sites is 1. The summed E-state index contributed by atoms with van der Waals surface area (Å²) in [5, 5.41) is 23.6. The summed E-state index contributed by atoms with van der Waals surface area (Å²) in [5.41, 5.74) is 9.30. The van der Waals surface area contributed by atoms with Crippen LogP contribution in [0.25, 0.3) is 21.9 Å². The number of aliphatic hydroxyl groups is 2. The number of ether oxygens (including phenoxy) is 1. The molecule has 1 aliphatic rings. The lowest BCUT2D eigenvalue weighted by atomic mass is 10.1. The average Bonchev–Trinajstić information content (AvgIpc) is 3.50. The lowest BCUT2D eigenvalue weighted by molar-refractivity contribution is -0.0373. The number of fused-ring (bicyclic) bond motifs is 2. The minimum atomic E-state index is -3.96. The highest BCUT2D eigenvalue weighted by atomic mass is 35.5. The van der Waals surface area contributed by atoms with E-state index in [1.807, 2.05) is 30.3 Å². The molecule has 6 rings (SSSR count). The maximum atomic E-state index is 13.2. The van der Waals surface area contributed by atoms with Crippen LogP contribution in [0.3, 0.4) is 0 Å². The van der Waals surface area contributed by atoms with Crippen LogP contribution in [0, 0.1) is 18.8 Å². The van der Waals surface area contributed by atoms with E-state index in [0.717, 1.165) is 20.8 Å². The Labute approximate surface area is 252 Å². The molecule has 43 heavy (non-hydrogen) atoms. The van der Waals surface area contributed by atoms with Gasteiger partial charge in [-0.2, -0.15) is 4.31 Å². The number of rotatable bonds is 5. The fraction of sp³-hybridized carbons (Fsp3) is 0.233. The second-order valence-electron chi connectivity index (χ2n) is 10.3. The number of anilines is 1. The molecular weight excluding hydrogens is 592 g/mol. The molecule has 1 aliphatic heterocycles. The number of aromatic nitrogens is 4. The number of sulfonamides is 1. The van der Waals surface area contributed by atoms with E-state index in [-0.39, 0.29) is 17.3 Å². The monoisotopic (exact) mass is 618 g/mol. The van der Waals surface area contributed by atoms with Gasteiger partial charge < -0.3 is 25.3 Å². The van der Waals surface area contributed by atoms with Crippen molar-refractivity contribution in [1.29, 1.82) is 0 Å². The Hall–Kier alpha value is -4.09. The summed E-state index contributed by atoms with van der Waals surface area (Å²) in [6.45, 7) is 1.54. The second-order valence-corrected chi connectivity index (χ2v) is 12.8. The number of hydrogen-bond acceptors (Lipinski definition) is 9. The van der Waals surface area contributed by atoms with Gasteiger partial charge in [-0.25, -0.2) is 18.4 Å². The zero-order chi connectivity index (χ0) is 30.5. The van der Waals surface area contributed by atoms with E-state index in [9.17, 15) is 18.6 Å². The van der Waals surface area contributed by atoms with Crippen molar-refractivity contribution in [3.63, 3.8) is 0 Å². The lowest BCUT2D eigenvalue weighted by Crippen LogP contribution is -2.40. The Morgan fingerprint density at radius 1 is 1.09 bits per heavy atom. The Morgan fingerprint density at radius 2 is 1.88 bits per heavy atom. The van der Waals surface area contributed by atoms with Crippen LogP contribution in [0.1, 0.15) is 22.9 Å². The van der Waals surface area contributed by atoms with Gasteiger partial charge in [0.1, 0.15) is 36.1 Å². The third-order valence-corrected chi connectivity index (χ3v) is 9.70. The number of nitrogens with zero attached hydrogens (tertiary/aromatic N) is 5.